The number of nitrogens with zero attached hydrogens (tertiary/aromatic N) is 2. The van der Waals surface area contributed by atoms with Crippen molar-refractivity contribution in [1.82, 2.24) is 9.58 Å². The summed E-state index contributed by atoms with van der Waals surface area (Å²) in [5.41, 5.74) is 7.59. The summed E-state index contributed by atoms with van der Waals surface area (Å²) in [6.45, 7) is 5.60. The molecular weight excluding hydrogens is 528 g/mol. The zero-order chi connectivity index (χ0) is 29.2. The van der Waals surface area contributed by atoms with Gasteiger partial charge >= 0.3 is 0 Å². The molecule has 1 aromatic heterocycles. The third kappa shape index (κ3) is 6.91. The summed E-state index contributed by atoms with van der Waals surface area (Å²) in [6, 6.07) is 13.4. The van der Waals surface area contributed by atoms with Crippen LogP contribution in [-0.4, -0.2) is 46.5 Å². The predicted octanol–water partition coefficient (Wildman–Crippen LogP) is 3.98. The molecule has 2 aromatic carbocycles. The van der Waals surface area contributed by atoms with Gasteiger partial charge in [-0.25, -0.2) is 4.39 Å². The lowest BCUT2D eigenvalue weighted by molar-refractivity contribution is -0.00314. The van der Waals surface area contributed by atoms with Crippen LogP contribution in [0.2, 0.25) is 0 Å². The van der Waals surface area contributed by atoms with E-state index in [0.29, 0.717) is 19.8 Å². The Morgan fingerprint density at radius 2 is 1.82 bits per heavy atom. The zero-order valence-corrected chi connectivity index (χ0v) is 24.2. The zero-order valence-electron chi connectivity index (χ0n) is 23.0. The molecule has 0 radical (unpaired) electrons. The number of unbranched alkanes of at least 4 members (excludes halogenated alkanes) is 1. The van der Waals surface area contributed by atoms with Crippen molar-refractivity contribution in [3.8, 4) is 18.6 Å². The quantitative estimate of drug-likeness (QED) is 0.349. The summed E-state index contributed by atoms with van der Waals surface area (Å²) in [5, 5.41) is 10.4. The third-order valence-corrected chi connectivity index (χ3v) is 7.63. The van der Waals surface area contributed by atoms with Crippen LogP contribution in [0.4, 0.5) is 4.39 Å². The number of amides is 1. The molecular formula is C31H37FN3O4P. The molecule has 5 rings (SSSR count). The number of pyridine rings is 1. The predicted molar refractivity (Wildman–Crippen MR) is 160 cm³/mol. The fourth-order valence-electron chi connectivity index (χ4n) is 4.90. The van der Waals surface area contributed by atoms with Crippen LogP contribution in [0.5, 0.6) is 5.75 Å². The SMILES string of the molecule is C#C.CCCCc1ccccc1Cc1ccc(F)c(P)c1CC.O=C1c2c(O)c(=O)ccn2N[C@@H]2COCCN12. The van der Waals surface area contributed by atoms with E-state index in [9.17, 15) is 19.1 Å². The number of hydrogen-bond acceptors (Lipinski definition) is 5. The van der Waals surface area contributed by atoms with Gasteiger partial charge in [0.05, 0.1) is 13.2 Å². The van der Waals surface area contributed by atoms with Crippen molar-refractivity contribution in [2.45, 2.75) is 52.1 Å². The third-order valence-electron chi connectivity index (χ3n) is 7.01. The van der Waals surface area contributed by atoms with E-state index in [0.717, 1.165) is 30.1 Å². The van der Waals surface area contributed by atoms with Crippen LogP contribution in [0.15, 0.2) is 53.5 Å². The summed E-state index contributed by atoms with van der Waals surface area (Å²) in [5.74, 6) is -0.998. The van der Waals surface area contributed by atoms with Gasteiger partial charge in [-0.3, -0.25) is 14.3 Å². The number of fused-ring (bicyclic) bond motifs is 2. The number of morpholine rings is 1. The lowest BCUT2D eigenvalue weighted by Crippen LogP contribution is -2.59. The second-order valence-corrected chi connectivity index (χ2v) is 10.0. The van der Waals surface area contributed by atoms with Crippen molar-refractivity contribution in [1.29, 1.82) is 0 Å². The largest absolute Gasteiger partial charge is 0.502 e. The first-order valence-electron chi connectivity index (χ1n) is 13.4. The molecule has 0 bridgehead atoms. The molecule has 7 nitrogen and oxygen atoms in total. The standard InChI is InChI=1S/C19H24FP.C10H11N3O4.C2H2/c1-3-5-8-14-9-6-7-10-15(14)13-16-11-12-18(20)19(21)17(16)4-2;14-6-1-2-13-8(9(6)15)10(16)12-3-4-17-5-7(12)11-13;1-2/h6-7,9-12H,3-5,8,13,21H2,1-2H3;1-2,7,11,15H,3-5H2;1-2H/t;7-;/m.0./s1. The topological polar surface area (TPSA) is 83.8 Å². The minimum absolute atomic E-state index is 0.0179. The number of aromatic nitrogens is 1. The number of hydrogen-bond donors (Lipinski definition) is 2. The van der Waals surface area contributed by atoms with Gasteiger partial charge in [0.2, 0.25) is 5.43 Å². The summed E-state index contributed by atoms with van der Waals surface area (Å²) in [7, 11) is 2.56. The molecule has 40 heavy (non-hydrogen) atoms. The van der Waals surface area contributed by atoms with Gasteiger partial charge in [-0.2, -0.15) is 0 Å². The summed E-state index contributed by atoms with van der Waals surface area (Å²) < 4.78 is 20.3. The Labute approximate surface area is 237 Å². The Morgan fingerprint density at radius 1 is 1.10 bits per heavy atom. The smallest absolute Gasteiger partial charge is 0.278 e. The van der Waals surface area contributed by atoms with Gasteiger partial charge in [0.1, 0.15) is 12.0 Å². The van der Waals surface area contributed by atoms with Crippen LogP contribution in [-0.2, 0) is 24.0 Å². The van der Waals surface area contributed by atoms with Gasteiger partial charge in [-0.15, -0.1) is 22.1 Å². The van der Waals surface area contributed by atoms with Gasteiger partial charge < -0.3 is 20.2 Å². The number of carbonyl (C=O) groups excluding carboxylic acids is 1. The van der Waals surface area contributed by atoms with Crippen LogP contribution in [0.3, 0.4) is 0 Å². The Bertz CT molecular complexity index is 1410. The highest BCUT2D eigenvalue weighted by Crippen LogP contribution is 2.22. The van der Waals surface area contributed by atoms with E-state index >= 15 is 0 Å². The number of ether oxygens (including phenoxy) is 1. The first kappa shape index (κ1) is 30.9. The van der Waals surface area contributed by atoms with Crippen molar-refractivity contribution < 1.29 is 19.0 Å². The van der Waals surface area contributed by atoms with E-state index in [1.165, 1.54) is 46.5 Å². The Morgan fingerprint density at radius 3 is 2.52 bits per heavy atom. The molecule has 1 saturated heterocycles. The normalized spacial score (nSPS) is 15.4. The van der Waals surface area contributed by atoms with Gasteiger partial charge in [0, 0.05) is 24.1 Å². The van der Waals surface area contributed by atoms with Crippen molar-refractivity contribution in [3.63, 3.8) is 0 Å². The summed E-state index contributed by atoms with van der Waals surface area (Å²) in [4.78, 5) is 25.0. The fourth-order valence-corrected chi connectivity index (χ4v) is 5.39. The van der Waals surface area contributed by atoms with Crippen LogP contribution < -0.4 is 16.2 Å². The minimum Gasteiger partial charge on any atom is -0.502 e. The lowest BCUT2D eigenvalue weighted by atomic mass is 9.93. The molecule has 0 spiro atoms. The van der Waals surface area contributed by atoms with Crippen LogP contribution >= 0.6 is 9.24 Å². The van der Waals surface area contributed by atoms with Crippen molar-refractivity contribution in [2.75, 3.05) is 25.2 Å². The average Bonchev–Trinajstić information content (AvgIpc) is 2.98. The van der Waals surface area contributed by atoms with Gasteiger partial charge in [-0.1, -0.05) is 50.6 Å². The molecule has 2 N–H and O–H groups in total. The first-order valence-corrected chi connectivity index (χ1v) is 14.0. The first-order chi connectivity index (χ1) is 19.3. The van der Waals surface area contributed by atoms with Crippen LogP contribution in [0, 0.1) is 18.7 Å². The molecule has 2 aliphatic heterocycles. The number of aromatic hydroxyl groups is 1. The molecule has 9 heteroatoms. The number of carbonyl (C=O) groups is 1. The van der Waals surface area contributed by atoms with E-state index in [4.69, 9.17) is 4.74 Å². The molecule has 3 aromatic rings. The van der Waals surface area contributed by atoms with Crippen molar-refractivity contribution >= 4 is 20.5 Å². The Hall–Kier alpha value is -3.66. The monoisotopic (exact) mass is 565 g/mol. The highest BCUT2D eigenvalue weighted by Gasteiger charge is 2.36. The highest BCUT2D eigenvalue weighted by molar-refractivity contribution is 7.27. The van der Waals surface area contributed by atoms with E-state index < -0.39 is 11.2 Å². The fraction of sp³-hybridized carbons (Fsp3) is 0.355. The van der Waals surface area contributed by atoms with Crippen molar-refractivity contribution in [2.24, 2.45) is 0 Å². The maximum absolute atomic E-state index is 13.7. The number of nitrogens with one attached hydrogen (secondary N) is 1. The molecule has 2 aliphatic rings. The Kier molecular flexibility index (Phi) is 11.3. The van der Waals surface area contributed by atoms with E-state index in [1.54, 1.807) is 11.0 Å². The van der Waals surface area contributed by atoms with Gasteiger partial charge in [-0.05, 0) is 54.0 Å². The minimum atomic E-state index is -0.557. The molecule has 0 saturated carbocycles. The molecule has 3 heterocycles. The number of benzene rings is 2. The average molecular weight is 566 g/mol. The number of rotatable bonds is 6. The number of terminal acetylenes is 1. The maximum Gasteiger partial charge on any atom is 0.278 e. The molecule has 2 atom stereocenters. The number of aryl methyl sites for hydroxylation is 1. The van der Waals surface area contributed by atoms with Crippen LogP contribution in [0.25, 0.3) is 0 Å². The second kappa shape index (κ2) is 14.6. The maximum atomic E-state index is 13.7. The van der Waals surface area contributed by atoms with E-state index in [1.807, 2.05) is 6.07 Å². The summed E-state index contributed by atoms with van der Waals surface area (Å²) >= 11 is 0. The molecule has 1 unspecified atom stereocenters. The van der Waals surface area contributed by atoms with E-state index in [2.05, 4.69) is 65.6 Å². The molecule has 1 amide bonds. The molecule has 1 fully saturated rings. The highest BCUT2D eigenvalue weighted by atomic mass is 31.0. The van der Waals surface area contributed by atoms with Gasteiger partial charge in [0.15, 0.2) is 11.4 Å². The second-order valence-electron chi connectivity index (χ2n) is 9.47. The van der Waals surface area contributed by atoms with Crippen molar-refractivity contribution in [3.05, 3.63) is 92.6 Å². The Balaban J connectivity index is 0.000000211. The van der Waals surface area contributed by atoms with Crippen LogP contribution in [0.1, 0.15) is 59.4 Å². The molecule has 212 valence electrons. The van der Waals surface area contributed by atoms with Gasteiger partial charge in [0.25, 0.3) is 5.91 Å². The molecule has 0 aliphatic carbocycles. The summed E-state index contributed by atoms with van der Waals surface area (Å²) in [6.07, 6.45) is 14.5. The lowest BCUT2D eigenvalue weighted by Gasteiger charge is -2.41. The van der Waals surface area contributed by atoms with E-state index in [-0.39, 0.29) is 23.6 Å². The number of halogens is 1.